The summed E-state index contributed by atoms with van der Waals surface area (Å²) in [6.07, 6.45) is 6.59. The molecule has 4 nitrogen and oxygen atoms in total. The Morgan fingerprint density at radius 3 is 2.90 bits per heavy atom. The fourth-order valence-corrected chi connectivity index (χ4v) is 3.58. The van der Waals surface area contributed by atoms with Crippen LogP contribution in [0.15, 0.2) is 23.7 Å². The normalized spacial score (nSPS) is 22.2. The molecule has 5 heteroatoms. The number of thiazole rings is 1. The van der Waals surface area contributed by atoms with Crippen LogP contribution in [0.5, 0.6) is 0 Å². The molecule has 0 unspecified atom stereocenters. The van der Waals surface area contributed by atoms with Crippen LogP contribution in [-0.2, 0) is 0 Å². The van der Waals surface area contributed by atoms with Crippen molar-refractivity contribution in [3.63, 3.8) is 0 Å². The first-order valence-electron chi connectivity index (χ1n) is 7.59. The van der Waals surface area contributed by atoms with Crippen LogP contribution in [-0.4, -0.2) is 22.6 Å². The van der Waals surface area contributed by atoms with E-state index in [4.69, 9.17) is 5.73 Å². The number of rotatable bonds is 4. The van der Waals surface area contributed by atoms with Crippen molar-refractivity contribution in [1.82, 2.24) is 9.97 Å². The lowest BCUT2D eigenvalue weighted by atomic mass is 9.86. The van der Waals surface area contributed by atoms with E-state index in [1.54, 1.807) is 11.3 Å². The highest BCUT2D eigenvalue weighted by atomic mass is 32.1. The summed E-state index contributed by atoms with van der Waals surface area (Å²) < 4.78 is 0. The van der Waals surface area contributed by atoms with Crippen molar-refractivity contribution >= 4 is 16.5 Å². The van der Waals surface area contributed by atoms with E-state index in [0.717, 1.165) is 47.4 Å². The molecule has 1 saturated carbocycles. The lowest BCUT2D eigenvalue weighted by Gasteiger charge is -2.25. The summed E-state index contributed by atoms with van der Waals surface area (Å²) in [7, 11) is 0. The summed E-state index contributed by atoms with van der Waals surface area (Å²) in [5, 5.41) is 6.59. The van der Waals surface area contributed by atoms with Gasteiger partial charge in [0, 0.05) is 35.4 Å². The maximum atomic E-state index is 5.95. The van der Waals surface area contributed by atoms with E-state index >= 15 is 0 Å². The fourth-order valence-electron chi connectivity index (χ4n) is 2.86. The molecular formula is C16H22N4S. The number of nitrogens with two attached hydrogens (primary N) is 1. The first-order chi connectivity index (χ1) is 10.2. The van der Waals surface area contributed by atoms with E-state index < -0.39 is 0 Å². The minimum absolute atomic E-state index is 0.418. The Morgan fingerprint density at radius 1 is 1.33 bits per heavy atom. The van der Waals surface area contributed by atoms with E-state index in [-0.39, 0.29) is 0 Å². The SMILES string of the molecule is Cc1ncccc1-c1csc(NC[C@H]2CC[C@H](N)CC2)n1. The Balaban J connectivity index is 1.59. The molecule has 0 saturated heterocycles. The molecule has 3 rings (SSSR count). The van der Waals surface area contributed by atoms with E-state index in [0.29, 0.717) is 6.04 Å². The highest BCUT2D eigenvalue weighted by Crippen LogP contribution is 2.28. The zero-order valence-electron chi connectivity index (χ0n) is 12.4. The molecular weight excluding hydrogens is 280 g/mol. The molecule has 1 fully saturated rings. The maximum absolute atomic E-state index is 5.95. The Morgan fingerprint density at radius 2 is 2.14 bits per heavy atom. The zero-order valence-corrected chi connectivity index (χ0v) is 13.2. The smallest absolute Gasteiger partial charge is 0.183 e. The Bertz CT molecular complexity index is 587. The first-order valence-corrected chi connectivity index (χ1v) is 8.47. The third kappa shape index (κ3) is 3.60. The van der Waals surface area contributed by atoms with Crippen LogP contribution >= 0.6 is 11.3 Å². The van der Waals surface area contributed by atoms with Crippen LogP contribution < -0.4 is 11.1 Å². The van der Waals surface area contributed by atoms with E-state index in [1.807, 2.05) is 19.2 Å². The molecule has 0 spiro atoms. The van der Waals surface area contributed by atoms with Crippen molar-refractivity contribution in [3.8, 4) is 11.3 Å². The largest absolute Gasteiger partial charge is 0.361 e. The number of pyridine rings is 1. The van der Waals surface area contributed by atoms with E-state index in [2.05, 4.69) is 26.7 Å². The number of hydrogen-bond donors (Lipinski definition) is 2. The van der Waals surface area contributed by atoms with Gasteiger partial charge in [-0.25, -0.2) is 4.98 Å². The third-order valence-corrected chi connectivity index (χ3v) is 5.02. The minimum Gasteiger partial charge on any atom is -0.361 e. The fraction of sp³-hybridized carbons (Fsp3) is 0.500. The van der Waals surface area contributed by atoms with Gasteiger partial charge in [-0.05, 0) is 50.7 Å². The average molecular weight is 302 g/mol. The Hall–Kier alpha value is -1.46. The topological polar surface area (TPSA) is 63.8 Å². The van der Waals surface area contributed by atoms with Gasteiger partial charge >= 0.3 is 0 Å². The summed E-state index contributed by atoms with van der Waals surface area (Å²) in [6.45, 7) is 3.03. The third-order valence-electron chi connectivity index (χ3n) is 4.22. The Labute approximate surface area is 129 Å². The van der Waals surface area contributed by atoms with E-state index in [9.17, 15) is 0 Å². The molecule has 0 aromatic carbocycles. The van der Waals surface area contributed by atoms with Crippen molar-refractivity contribution < 1.29 is 0 Å². The summed E-state index contributed by atoms with van der Waals surface area (Å²) in [5.41, 5.74) is 9.10. The predicted octanol–water partition coefficient (Wildman–Crippen LogP) is 3.44. The molecule has 2 heterocycles. The molecule has 0 atom stereocenters. The molecule has 1 aliphatic rings. The average Bonchev–Trinajstić information content (AvgIpc) is 2.96. The van der Waals surface area contributed by atoms with Gasteiger partial charge in [0.25, 0.3) is 0 Å². The van der Waals surface area contributed by atoms with Crippen molar-refractivity contribution in [2.75, 3.05) is 11.9 Å². The standard InChI is InChI=1S/C16H22N4S/c1-11-14(3-2-8-18-11)15-10-21-16(20-15)19-9-12-4-6-13(17)7-5-12/h2-3,8,10,12-13H,4-7,9,17H2,1H3,(H,19,20)/t12-,13-. The minimum atomic E-state index is 0.418. The zero-order chi connectivity index (χ0) is 14.7. The summed E-state index contributed by atoms with van der Waals surface area (Å²) >= 11 is 1.67. The second-order valence-corrected chi connectivity index (χ2v) is 6.69. The first kappa shape index (κ1) is 14.5. The number of aromatic nitrogens is 2. The van der Waals surface area contributed by atoms with Crippen LogP contribution in [0.2, 0.25) is 0 Å². The number of anilines is 1. The monoisotopic (exact) mass is 302 g/mol. The van der Waals surface area contributed by atoms with Crippen LogP contribution in [0.1, 0.15) is 31.4 Å². The highest BCUT2D eigenvalue weighted by molar-refractivity contribution is 7.14. The van der Waals surface area contributed by atoms with Crippen LogP contribution in [0.3, 0.4) is 0 Å². The number of nitrogens with zero attached hydrogens (tertiary/aromatic N) is 2. The van der Waals surface area contributed by atoms with Gasteiger partial charge in [0.15, 0.2) is 5.13 Å². The van der Waals surface area contributed by atoms with E-state index in [1.165, 1.54) is 12.8 Å². The Kier molecular flexibility index (Phi) is 4.51. The predicted molar refractivity (Wildman–Crippen MR) is 88.5 cm³/mol. The van der Waals surface area contributed by atoms with Gasteiger partial charge in [0.1, 0.15) is 0 Å². The number of hydrogen-bond acceptors (Lipinski definition) is 5. The van der Waals surface area contributed by atoms with Crippen molar-refractivity contribution in [3.05, 3.63) is 29.4 Å². The molecule has 2 aromatic heterocycles. The molecule has 2 aromatic rings. The lowest BCUT2D eigenvalue weighted by molar-refractivity contribution is 0.339. The number of aryl methyl sites for hydroxylation is 1. The molecule has 21 heavy (non-hydrogen) atoms. The van der Waals surface area contributed by atoms with Gasteiger partial charge < -0.3 is 11.1 Å². The van der Waals surface area contributed by atoms with Gasteiger partial charge in [-0.15, -0.1) is 11.3 Å². The summed E-state index contributed by atoms with van der Waals surface area (Å²) in [5.74, 6) is 0.734. The lowest BCUT2D eigenvalue weighted by Crippen LogP contribution is -2.29. The molecule has 3 N–H and O–H groups in total. The van der Waals surface area contributed by atoms with Gasteiger partial charge in [0.05, 0.1) is 5.69 Å². The summed E-state index contributed by atoms with van der Waals surface area (Å²) in [6, 6.07) is 4.45. The quantitative estimate of drug-likeness (QED) is 0.908. The van der Waals surface area contributed by atoms with Gasteiger partial charge in [-0.2, -0.15) is 0 Å². The maximum Gasteiger partial charge on any atom is 0.183 e. The van der Waals surface area contributed by atoms with Gasteiger partial charge in [-0.1, -0.05) is 0 Å². The van der Waals surface area contributed by atoms with Crippen LogP contribution in [0.4, 0.5) is 5.13 Å². The molecule has 0 aliphatic heterocycles. The second-order valence-electron chi connectivity index (χ2n) is 5.84. The number of nitrogens with one attached hydrogen (secondary N) is 1. The summed E-state index contributed by atoms with van der Waals surface area (Å²) in [4.78, 5) is 9.01. The van der Waals surface area contributed by atoms with Crippen LogP contribution in [0, 0.1) is 12.8 Å². The highest BCUT2D eigenvalue weighted by Gasteiger charge is 2.18. The van der Waals surface area contributed by atoms with Crippen molar-refractivity contribution in [1.29, 1.82) is 0 Å². The van der Waals surface area contributed by atoms with Gasteiger partial charge in [0.2, 0.25) is 0 Å². The van der Waals surface area contributed by atoms with Crippen LogP contribution in [0.25, 0.3) is 11.3 Å². The second kappa shape index (κ2) is 6.54. The molecule has 1 aliphatic carbocycles. The molecule has 112 valence electrons. The molecule has 0 bridgehead atoms. The van der Waals surface area contributed by atoms with Crippen molar-refractivity contribution in [2.45, 2.75) is 38.6 Å². The van der Waals surface area contributed by atoms with Crippen molar-refractivity contribution in [2.24, 2.45) is 11.7 Å². The van der Waals surface area contributed by atoms with Gasteiger partial charge in [-0.3, -0.25) is 4.98 Å². The molecule has 0 amide bonds. The molecule has 0 radical (unpaired) electrons.